The maximum absolute atomic E-state index is 5.72. The SMILES string of the molecule is Cc1ccccc1CC1NC(C)(C)CO1. The van der Waals surface area contributed by atoms with E-state index in [-0.39, 0.29) is 11.8 Å². The molecule has 2 nitrogen and oxygen atoms in total. The van der Waals surface area contributed by atoms with Crippen molar-refractivity contribution in [2.45, 2.75) is 39.0 Å². The molecule has 2 rings (SSSR count). The van der Waals surface area contributed by atoms with Gasteiger partial charge in [-0.15, -0.1) is 0 Å². The summed E-state index contributed by atoms with van der Waals surface area (Å²) in [7, 11) is 0. The second-order valence-electron chi connectivity index (χ2n) is 4.96. The quantitative estimate of drug-likeness (QED) is 0.799. The van der Waals surface area contributed by atoms with Crippen molar-refractivity contribution in [3.63, 3.8) is 0 Å². The molecule has 1 saturated heterocycles. The van der Waals surface area contributed by atoms with Crippen LogP contribution in [0, 0.1) is 6.92 Å². The molecule has 1 aliphatic heterocycles. The van der Waals surface area contributed by atoms with E-state index in [0.29, 0.717) is 0 Å². The molecule has 0 amide bonds. The number of aryl methyl sites for hydroxylation is 1. The van der Waals surface area contributed by atoms with Gasteiger partial charge in [0.2, 0.25) is 0 Å². The summed E-state index contributed by atoms with van der Waals surface area (Å²) in [6, 6.07) is 8.48. The third-order valence-electron chi connectivity index (χ3n) is 2.86. The van der Waals surface area contributed by atoms with Gasteiger partial charge in [0.1, 0.15) is 6.23 Å². The Morgan fingerprint density at radius 3 is 2.73 bits per heavy atom. The molecule has 1 aromatic carbocycles. The van der Waals surface area contributed by atoms with Crippen molar-refractivity contribution in [2.75, 3.05) is 6.61 Å². The van der Waals surface area contributed by atoms with Crippen LogP contribution in [-0.2, 0) is 11.2 Å². The predicted octanol–water partition coefficient (Wildman–Crippen LogP) is 2.26. The molecule has 0 aromatic heterocycles. The van der Waals surface area contributed by atoms with Gasteiger partial charge >= 0.3 is 0 Å². The highest BCUT2D eigenvalue weighted by Crippen LogP contribution is 2.18. The van der Waals surface area contributed by atoms with Crippen LogP contribution in [0.3, 0.4) is 0 Å². The molecule has 0 aliphatic carbocycles. The molecule has 15 heavy (non-hydrogen) atoms. The molecule has 1 fully saturated rings. The second-order valence-corrected chi connectivity index (χ2v) is 4.96. The average Bonchev–Trinajstić information content (AvgIpc) is 2.50. The monoisotopic (exact) mass is 205 g/mol. The highest BCUT2D eigenvalue weighted by Gasteiger charge is 2.30. The standard InChI is InChI=1S/C13H19NO/c1-10-6-4-5-7-11(10)8-12-14-13(2,3)9-15-12/h4-7,12,14H,8-9H2,1-3H3. The smallest absolute Gasteiger partial charge is 0.112 e. The van der Waals surface area contributed by atoms with Crippen molar-refractivity contribution in [1.82, 2.24) is 5.32 Å². The topological polar surface area (TPSA) is 21.3 Å². The van der Waals surface area contributed by atoms with E-state index in [1.165, 1.54) is 11.1 Å². The van der Waals surface area contributed by atoms with Crippen LogP contribution in [0.2, 0.25) is 0 Å². The summed E-state index contributed by atoms with van der Waals surface area (Å²) in [6.45, 7) is 7.29. The first-order valence-corrected chi connectivity index (χ1v) is 5.51. The van der Waals surface area contributed by atoms with Crippen molar-refractivity contribution < 1.29 is 4.74 Å². The molecule has 1 aromatic rings. The average molecular weight is 205 g/mol. The van der Waals surface area contributed by atoms with Gasteiger partial charge in [-0.25, -0.2) is 0 Å². The largest absolute Gasteiger partial charge is 0.361 e. The summed E-state index contributed by atoms with van der Waals surface area (Å²) in [5.74, 6) is 0. The minimum atomic E-state index is 0.118. The molecular weight excluding hydrogens is 186 g/mol. The van der Waals surface area contributed by atoms with Gasteiger partial charge in [-0.05, 0) is 31.9 Å². The van der Waals surface area contributed by atoms with Gasteiger partial charge in [0.05, 0.1) is 6.61 Å². The Kier molecular flexibility index (Phi) is 2.81. The Balaban J connectivity index is 2.02. The number of hydrogen-bond acceptors (Lipinski definition) is 2. The van der Waals surface area contributed by atoms with Gasteiger partial charge in [-0.1, -0.05) is 24.3 Å². The Labute approximate surface area is 91.6 Å². The van der Waals surface area contributed by atoms with Gasteiger partial charge in [0, 0.05) is 12.0 Å². The van der Waals surface area contributed by atoms with Crippen LogP contribution < -0.4 is 5.32 Å². The van der Waals surface area contributed by atoms with Crippen LogP contribution in [0.4, 0.5) is 0 Å². The summed E-state index contributed by atoms with van der Waals surface area (Å²) in [5, 5.41) is 3.48. The lowest BCUT2D eigenvalue weighted by molar-refractivity contribution is 0.0986. The lowest BCUT2D eigenvalue weighted by atomic mass is 10.0. The van der Waals surface area contributed by atoms with Crippen LogP contribution >= 0.6 is 0 Å². The molecule has 1 atom stereocenters. The maximum Gasteiger partial charge on any atom is 0.112 e. The summed E-state index contributed by atoms with van der Waals surface area (Å²) >= 11 is 0. The fraction of sp³-hybridized carbons (Fsp3) is 0.538. The molecule has 0 radical (unpaired) electrons. The number of nitrogens with one attached hydrogen (secondary N) is 1. The lowest BCUT2D eigenvalue weighted by Gasteiger charge is -2.17. The molecule has 0 spiro atoms. The third-order valence-corrected chi connectivity index (χ3v) is 2.86. The number of benzene rings is 1. The first kappa shape index (κ1) is 10.7. The highest BCUT2D eigenvalue weighted by atomic mass is 16.5. The van der Waals surface area contributed by atoms with Crippen molar-refractivity contribution >= 4 is 0 Å². The van der Waals surface area contributed by atoms with Gasteiger partial charge in [0.15, 0.2) is 0 Å². The van der Waals surface area contributed by atoms with Crippen LogP contribution in [-0.4, -0.2) is 18.4 Å². The molecule has 1 N–H and O–H groups in total. The number of ether oxygens (including phenoxy) is 1. The maximum atomic E-state index is 5.72. The van der Waals surface area contributed by atoms with Crippen molar-refractivity contribution in [3.05, 3.63) is 35.4 Å². The normalized spacial score (nSPS) is 24.3. The predicted molar refractivity (Wildman–Crippen MR) is 61.8 cm³/mol. The highest BCUT2D eigenvalue weighted by molar-refractivity contribution is 5.26. The van der Waals surface area contributed by atoms with E-state index < -0.39 is 0 Å². The Morgan fingerprint density at radius 1 is 1.40 bits per heavy atom. The minimum Gasteiger partial charge on any atom is -0.361 e. The second kappa shape index (κ2) is 3.95. The van der Waals surface area contributed by atoms with E-state index in [4.69, 9.17) is 4.74 Å². The zero-order chi connectivity index (χ0) is 10.9. The zero-order valence-electron chi connectivity index (χ0n) is 9.71. The first-order valence-electron chi connectivity index (χ1n) is 5.51. The summed E-state index contributed by atoms with van der Waals surface area (Å²) in [4.78, 5) is 0. The van der Waals surface area contributed by atoms with Crippen molar-refractivity contribution in [2.24, 2.45) is 0 Å². The minimum absolute atomic E-state index is 0.118. The Morgan fingerprint density at radius 2 is 2.13 bits per heavy atom. The van der Waals surface area contributed by atoms with Crippen LogP contribution in [0.5, 0.6) is 0 Å². The van der Waals surface area contributed by atoms with E-state index >= 15 is 0 Å². The van der Waals surface area contributed by atoms with E-state index in [1.807, 2.05) is 0 Å². The Bertz CT molecular complexity index is 346. The van der Waals surface area contributed by atoms with Gasteiger partial charge in [0.25, 0.3) is 0 Å². The molecule has 1 unspecified atom stereocenters. The van der Waals surface area contributed by atoms with Gasteiger partial charge in [-0.3, -0.25) is 5.32 Å². The molecule has 2 heteroatoms. The third kappa shape index (κ3) is 2.58. The fourth-order valence-corrected chi connectivity index (χ4v) is 1.98. The Hall–Kier alpha value is -0.860. The molecule has 0 bridgehead atoms. The van der Waals surface area contributed by atoms with Crippen LogP contribution in [0.25, 0.3) is 0 Å². The van der Waals surface area contributed by atoms with Crippen molar-refractivity contribution in [1.29, 1.82) is 0 Å². The van der Waals surface area contributed by atoms with E-state index in [2.05, 4.69) is 50.4 Å². The van der Waals surface area contributed by atoms with E-state index in [9.17, 15) is 0 Å². The first-order chi connectivity index (χ1) is 7.07. The molecular formula is C13H19NO. The summed E-state index contributed by atoms with van der Waals surface area (Å²) < 4.78 is 5.72. The fourth-order valence-electron chi connectivity index (χ4n) is 1.98. The van der Waals surface area contributed by atoms with Crippen molar-refractivity contribution in [3.8, 4) is 0 Å². The summed E-state index contributed by atoms with van der Waals surface area (Å²) in [6.07, 6.45) is 1.12. The molecule has 82 valence electrons. The van der Waals surface area contributed by atoms with E-state index in [1.54, 1.807) is 0 Å². The van der Waals surface area contributed by atoms with Crippen LogP contribution in [0.15, 0.2) is 24.3 Å². The van der Waals surface area contributed by atoms with Gasteiger partial charge in [-0.2, -0.15) is 0 Å². The summed E-state index contributed by atoms with van der Waals surface area (Å²) in [5.41, 5.74) is 2.83. The lowest BCUT2D eigenvalue weighted by Crippen LogP contribution is -2.39. The molecule has 1 aliphatic rings. The number of rotatable bonds is 2. The van der Waals surface area contributed by atoms with Crippen LogP contribution in [0.1, 0.15) is 25.0 Å². The molecule has 0 saturated carbocycles. The number of hydrogen-bond donors (Lipinski definition) is 1. The van der Waals surface area contributed by atoms with E-state index in [0.717, 1.165) is 13.0 Å². The molecule has 1 heterocycles. The van der Waals surface area contributed by atoms with Gasteiger partial charge < -0.3 is 4.74 Å². The zero-order valence-corrected chi connectivity index (χ0v) is 9.71.